The third-order valence-electron chi connectivity index (χ3n) is 5.11. The second kappa shape index (κ2) is 4.42. The van der Waals surface area contributed by atoms with Crippen molar-refractivity contribution in [1.29, 1.82) is 0 Å². The summed E-state index contributed by atoms with van der Waals surface area (Å²) in [5.74, 6) is -1.58. The Balaban J connectivity index is 1.94. The number of aliphatic hydroxyl groups is 2. The Morgan fingerprint density at radius 1 is 0.722 bits per heavy atom. The highest BCUT2D eigenvalue weighted by Crippen LogP contribution is 2.46. The fourth-order valence-electron chi connectivity index (χ4n) is 4.26. The van der Waals surface area contributed by atoms with Crippen molar-refractivity contribution in [3.8, 4) is 0 Å². The highest BCUT2D eigenvalue weighted by Gasteiger charge is 2.55. The lowest BCUT2D eigenvalue weighted by atomic mass is 9.57. The molecule has 0 amide bonds. The van der Waals surface area contributed by atoms with Gasteiger partial charge in [0.25, 0.3) is 0 Å². The molecule has 6 atom stereocenters. The minimum absolute atomic E-state index is 0.0375. The molecule has 3 aliphatic rings. The quantitative estimate of drug-likeness (QED) is 0.665. The van der Waals surface area contributed by atoms with Gasteiger partial charge < -0.3 is 10.2 Å². The van der Waals surface area contributed by atoms with Gasteiger partial charge in [0.2, 0.25) is 0 Å². The largest absolute Gasteiger partial charge is 0.392 e. The van der Waals surface area contributed by atoms with Gasteiger partial charge in [-0.15, -0.1) is 0 Å². The SMILES string of the molecule is O=C1C2CCCC(O)C2C(=O)C2CCCC(O)C12. The molecule has 4 heteroatoms. The van der Waals surface area contributed by atoms with Gasteiger partial charge in [0, 0.05) is 11.8 Å². The molecule has 0 spiro atoms. The van der Waals surface area contributed by atoms with E-state index in [0.29, 0.717) is 25.7 Å². The lowest BCUT2D eigenvalue weighted by Gasteiger charge is -2.46. The summed E-state index contributed by atoms with van der Waals surface area (Å²) in [7, 11) is 0. The number of rotatable bonds is 0. The van der Waals surface area contributed by atoms with E-state index < -0.39 is 24.0 Å². The minimum Gasteiger partial charge on any atom is -0.392 e. The van der Waals surface area contributed by atoms with Crippen molar-refractivity contribution in [2.75, 3.05) is 0 Å². The van der Waals surface area contributed by atoms with Gasteiger partial charge in [-0.2, -0.15) is 0 Å². The summed E-state index contributed by atoms with van der Waals surface area (Å²) in [4.78, 5) is 24.9. The fourth-order valence-corrected chi connectivity index (χ4v) is 4.26. The first-order valence-corrected chi connectivity index (χ1v) is 7.05. The van der Waals surface area contributed by atoms with Gasteiger partial charge in [0.1, 0.15) is 11.6 Å². The Morgan fingerprint density at radius 2 is 1.11 bits per heavy atom. The van der Waals surface area contributed by atoms with E-state index in [0.717, 1.165) is 12.8 Å². The summed E-state index contributed by atoms with van der Waals surface area (Å²) in [6.45, 7) is 0. The van der Waals surface area contributed by atoms with Crippen molar-refractivity contribution >= 4 is 11.6 Å². The maximum Gasteiger partial charge on any atom is 0.143 e. The van der Waals surface area contributed by atoms with E-state index in [2.05, 4.69) is 0 Å². The number of carbonyl (C=O) groups is 2. The molecule has 3 fully saturated rings. The topological polar surface area (TPSA) is 74.6 Å². The number of hydrogen-bond acceptors (Lipinski definition) is 4. The minimum atomic E-state index is -0.653. The first-order chi connectivity index (χ1) is 8.61. The van der Waals surface area contributed by atoms with Gasteiger partial charge in [-0.05, 0) is 25.7 Å². The molecule has 3 rings (SSSR count). The second-order valence-electron chi connectivity index (χ2n) is 6.07. The molecule has 18 heavy (non-hydrogen) atoms. The molecule has 6 unspecified atom stereocenters. The van der Waals surface area contributed by atoms with Crippen LogP contribution >= 0.6 is 0 Å². The van der Waals surface area contributed by atoms with E-state index in [1.54, 1.807) is 0 Å². The number of hydrogen-bond donors (Lipinski definition) is 2. The van der Waals surface area contributed by atoms with Gasteiger partial charge in [0.15, 0.2) is 0 Å². The van der Waals surface area contributed by atoms with Crippen molar-refractivity contribution in [1.82, 2.24) is 0 Å². The van der Waals surface area contributed by atoms with Crippen LogP contribution in [0.3, 0.4) is 0 Å². The normalized spacial score (nSPS) is 48.6. The Kier molecular flexibility index (Phi) is 3.02. The third kappa shape index (κ3) is 1.66. The lowest BCUT2D eigenvalue weighted by molar-refractivity contribution is -0.162. The molecule has 0 aromatic heterocycles. The summed E-state index contributed by atoms with van der Waals surface area (Å²) in [5.41, 5.74) is 0. The van der Waals surface area contributed by atoms with Crippen LogP contribution in [-0.2, 0) is 9.59 Å². The number of fused-ring (bicyclic) bond motifs is 2. The van der Waals surface area contributed by atoms with Crippen molar-refractivity contribution < 1.29 is 19.8 Å². The predicted molar refractivity (Wildman–Crippen MR) is 63.7 cm³/mol. The van der Waals surface area contributed by atoms with Crippen molar-refractivity contribution in [3.05, 3.63) is 0 Å². The highest BCUT2D eigenvalue weighted by atomic mass is 16.3. The molecule has 3 aliphatic carbocycles. The third-order valence-corrected chi connectivity index (χ3v) is 5.11. The Bertz CT molecular complexity index is 342. The average molecular weight is 252 g/mol. The number of ketones is 2. The molecule has 0 radical (unpaired) electrons. The van der Waals surface area contributed by atoms with Crippen molar-refractivity contribution in [3.63, 3.8) is 0 Å². The molecule has 2 N–H and O–H groups in total. The molecule has 4 nitrogen and oxygen atoms in total. The summed E-state index contributed by atoms with van der Waals surface area (Å²) in [6.07, 6.45) is 2.94. The van der Waals surface area contributed by atoms with Crippen molar-refractivity contribution in [2.45, 2.75) is 50.7 Å². The molecule has 100 valence electrons. The second-order valence-corrected chi connectivity index (χ2v) is 6.07. The summed E-state index contributed by atoms with van der Waals surface area (Å²) in [6, 6.07) is 0. The van der Waals surface area contributed by atoms with Crippen LogP contribution in [0.1, 0.15) is 38.5 Å². The van der Waals surface area contributed by atoms with E-state index in [1.807, 2.05) is 0 Å². The smallest absolute Gasteiger partial charge is 0.143 e. The number of carbonyl (C=O) groups excluding carboxylic acids is 2. The Labute approximate surface area is 106 Å². The molecule has 0 bridgehead atoms. The lowest BCUT2D eigenvalue weighted by Crippen LogP contribution is -2.57. The van der Waals surface area contributed by atoms with Crippen LogP contribution in [0.5, 0.6) is 0 Å². The van der Waals surface area contributed by atoms with Gasteiger partial charge >= 0.3 is 0 Å². The van der Waals surface area contributed by atoms with Gasteiger partial charge in [-0.1, -0.05) is 12.8 Å². The van der Waals surface area contributed by atoms with E-state index >= 15 is 0 Å². The van der Waals surface area contributed by atoms with Crippen LogP contribution in [0.15, 0.2) is 0 Å². The maximum absolute atomic E-state index is 12.5. The van der Waals surface area contributed by atoms with Gasteiger partial charge in [-0.25, -0.2) is 0 Å². The molecule has 0 aliphatic heterocycles. The zero-order chi connectivity index (χ0) is 12.9. The van der Waals surface area contributed by atoms with Crippen molar-refractivity contribution in [2.24, 2.45) is 23.7 Å². The summed E-state index contributed by atoms with van der Waals surface area (Å²) in [5, 5.41) is 20.0. The first kappa shape index (κ1) is 12.3. The molecular formula is C14H20O4. The van der Waals surface area contributed by atoms with E-state index in [1.165, 1.54) is 0 Å². The van der Waals surface area contributed by atoms with Gasteiger partial charge in [0.05, 0.1) is 24.0 Å². The average Bonchev–Trinajstić information content (AvgIpc) is 2.35. The van der Waals surface area contributed by atoms with E-state index in [-0.39, 0.29) is 23.4 Å². The van der Waals surface area contributed by atoms with E-state index in [4.69, 9.17) is 0 Å². The fraction of sp³-hybridized carbons (Fsp3) is 0.857. The van der Waals surface area contributed by atoms with Crippen LogP contribution in [0.2, 0.25) is 0 Å². The molecular weight excluding hydrogens is 232 g/mol. The predicted octanol–water partition coefficient (Wildman–Crippen LogP) is 0.693. The molecule has 0 saturated heterocycles. The molecule has 0 aromatic rings. The standard InChI is InChI=1S/C14H20O4/c15-9-5-1-3-7-11(9)14(18)8-4-2-6-10(16)12(8)13(7)17/h7-12,15-16H,1-6H2. The van der Waals surface area contributed by atoms with Crippen LogP contribution in [0, 0.1) is 23.7 Å². The van der Waals surface area contributed by atoms with Crippen LogP contribution in [0.4, 0.5) is 0 Å². The Hall–Kier alpha value is -0.740. The highest BCUT2D eigenvalue weighted by molar-refractivity contribution is 6.00. The van der Waals surface area contributed by atoms with Crippen LogP contribution < -0.4 is 0 Å². The maximum atomic E-state index is 12.5. The summed E-state index contributed by atoms with van der Waals surface area (Å²) < 4.78 is 0. The number of Topliss-reactive ketones (excluding diaryl/α,β-unsaturated/α-hetero) is 2. The first-order valence-electron chi connectivity index (χ1n) is 7.05. The van der Waals surface area contributed by atoms with Gasteiger partial charge in [-0.3, -0.25) is 9.59 Å². The number of aliphatic hydroxyl groups excluding tert-OH is 2. The zero-order valence-corrected chi connectivity index (χ0v) is 10.4. The van der Waals surface area contributed by atoms with Crippen LogP contribution in [-0.4, -0.2) is 34.0 Å². The summed E-state index contributed by atoms with van der Waals surface area (Å²) >= 11 is 0. The monoisotopic (exact) mass is 252 g/mol. The van der Waals surface area contributed by atoms with E-state index in [9.17, 15) is 19.8 Å². The zero-order valence-electron chi connectivity index (χ0n) is 10.4. The molecule has 0 aromatic carbocycles. The molecule has 0 heterocycles. The van der Waals surface area contributed by atoms with Crippen LogP contribution in [0.25, 0.3) is 0 Å². The molecule has 3 saturated carbocycles. The Morgan fingerprint density at radius 3 is 1.50 bits per heavy atom.